The Kier molecular flexibility index (Phi) is 3.04. The van der Waals surface area contributed by atoms with Crippen LogP contribution in [0.3, 0.4) is 0 Å². The number of carbonyl (C=O) groups is 1. The molecule has 3 aliphatic rings. The van der Waals surface area contributed by atoms with E-state index in [2.05, 4.69) is 13.0 Å². The van der Waals surface area contributed by atoms with Gasteiger partial charge in [-0.2, -0.15) is 0 Å². The van der Waals surface area contributed by atoms with Crippen LogP contribution in [0.15, 0.2) is 12.1 Å². The molecule has 4 atom stereocenters. The molecule has 0 radical (unpaired) electrons. The highest BCUT2D eigenvalue weighted by Gasteiger charge is 2.54. The molecule has 0 aromatic heterocycles. The van der Waals surface area contributed by atoms with E-state index in [0.29, 0.717) is 23.5 Å². The van der Waals surface area contributed by atoms with Crippen LogP contribution in [-0.2, 0) is 11.2 Å². The number of hydrogen-bond acceptors (Lipinski definition) is 3. The number of methoxy groups -OCH3 is 1. The average molecular weight is 299 g/mol. The summed E-state index contributed by atoms with van der Waals surface area (Å²) < 4.78 is 5.38. The molecule has 0 heterocycles. The SMILES string of the molecule is COc1ccc2c(c1N)CC[C@@H]1[C@@H]2CC[C@]2(C)C(=O)CC[C@@H]12. The van der Waals surface area contributed by atoms with Gasteiger partial charge in [0.25, 0.3) is 0 Å². The summed E-state index contributed by atoms with van der Waals surface area (Å²) in [5.41, 5.74) is 9.82. The Labute approximate surface area is 132 Å². The third-order valence-corrected chi connectivity index (χ3v) is 6.85. The number of Topliss-reactive ketones (excluding diaryl/α,β-unsaturated/α-hetero) is 1. The van der Waals surface area contributed by atoms with E-state index in [1.807, 2.05) is 6.07 Å². The molecule has 1 aromatic rings. The fourth-order valence-electron chi connectivity index (χ4n) is 5.62. The van der Waals surface area contributed by atoms with E-state index in [-0.39, 0.29) is 5.41 Å². The van der Waals surface area contributed by atoms with E-state index < -0.39 is 0 Å². The Morgan fingerprint density at radius 3 is 2.82 bits per heavy atom. The van der Waals surface area contributed by atoms with Crippen LogP contribution in [0.4, 0.5) is 5.69 Å². The summed E-state index contributed by atoms with van der Waals surface area (Å²) in [5.74, 6) is 3.13. The van der Waals surface area contributed by atoms with Crippen LogP contribution in [0.2, 0.25) is 0 Å². The topological polar surface area (TPSA) is 52.3 Å². The Hall–Kier alpha value is -1.51. The number of benzene rings is 1. The molecule has 4 rings (SSSR count). The van der Waals surface area contributed by atoms with Gasteiger partial charge in [-0.25, -0.2) is 0 Å². The quantitative estimate of drug-likeness (QED) is 0.804. The highest BCUT2D eigenvalue weighted by atomic mass is 16.5. The van der Waals surface area contributed by atoms with Gasteiger partial charge >= 0.3 is 0 Å². The zero-order valence-electron chi connectivity index (χ0n) is 13.5. The van der Waals surface area contributed by atoms with Crippen molar-refractivity contribution in [3.63, 3.8) is 0 Å². The summed E-state index contributed by atoms with van der Waals surface area (Å²) in [5, 5.41) is 0. The van der Waals surface area contributed by atoms with Crippen molar-refractivity contribution in [2.24, 2.45) is 17.3 Å². The average Bonchev–Trinajstić information content (AvgIpc) is 2.83. The van der Waals surface area contributed by atoms with Gasteiger partial charge in [0, 0.05) is 11.8 Å². The van der Waals surface area contributed by atoms with Gasteiger partial charge in [-0.05, 0) is 67.1 Å². The van der Waals surface area contributed by atoms with E-state index in [1.165, 1.54) is 17.5 Å². The number of nitrogens with two attached hydrogens (primary N) is 1. The van der Waals surface area contributed by atoms with Crippen molar-refractivity contribution in [1.29, 1.82) is 0 Å². The molecule has 0 amide bonds. The monoisotopic (exact) mass is 299 g/mol. The van der Waals surface area contributed by atoms with Gasteiger partial charge in [0.15, 0.2) is 0 Å². The highest BCUT2D eigenvalue weighted by Crippen LogP contribution is 2.60. The van der Waals surface area contributed by atoms with Crippen molar-refractivity contribution in [3.8, 4) is 5.75 Å². The molecule has 3 nitrogen and oxygen atoms in total. The molecule has 3 aliphatic carbocycles. The lowest BCUT2D eigenvalue weighted by Crippen LogP contribution is -2.42. The summed E-state index contributed by atoms with van der Waals surface area (Å²) in [6.45, 7) is 2.22. The van der Waals surface area contributed by atoms with Crippen LogP contribution in [0, 0.1) is 17.3 Å². The van der Waals surface area contributed by atoms with Gasteiger partial charge in [-0.15, -0.1) is 0 Å². The second-order valence-corrected chi connectivity index (χ2v) is 7.58. The number of ether oxygens (including phenoxy) is 1. The minimum atomic E-state index is -0.0450. The first-order valence-electron chi connectivity index (χ1n) is 8.55. The number of rotatable bonds is 1. The second kappa shape index (κ2) is 4.74. The van der Waals surface area contributed by atoms with Gasteiger partial charge in [0.05, 0.1) is 12.8 Å². The molecule has 2 N–H and O–H groups in total. The molecule has 2 fully saturated rings. The van der Waals surface area contributed by atoms with Crippen molar-refractivity contribution in [2.45, 2.75) is 51.4 Å². The minimum Gasteiger partial charge on any atom is -0.495 e. The van der Waals surface area contributed by atoms with E-state index >= 15 is 0 Å². The number of carbonyl (C=O) groups excluding carboxylic acids is 1. The third-order valence-electron chi connectivity index (χ3n) is 6.85. The third kappa shape index (κ3) is 1.71. The number of anilines is 1. The van der Waals surface area contributed by atoms with Crippen LogP contribution in [0.5, 0.6) is 5.75 Å². The Bertz CT molecular complexity index is 639. The molecule has 0 spiro atoms. The van der Waals surface area contributed by atoms with Gasteiger partial charge < -0.3 is 10.5 Å². The first-order valence-corrected chi connectivity index (χ1v) is 8.55. The molecule has 0 aliphatic heterocycles. The van der Waals surface area contributed by atoms with Crippen LogP contribution in [-0.4, -0.2) is 12.9 Å². The molecule has 2 saturated carbocycles. The number of fused-ring (bicyclic) bond motifs is 5. The lowest BCUT2D eigenvalue weighted by molar-refractivity contribution is -0.129. The van der Waals surface area contributed by atoms with Crippen molar-refractivity contribution in [3.05, 3.63) is 23.3 Å². The van der Waals surface area contributed by atoms with Gasteiger partial charge in [0.2, 0.25) is 0 Å². The first kappa shape index (κ1) is 14.1. The van der Waals surface area contributed by atoms with E-state index in [1.54, 1.807) is 7.11 Å². The van der Waals surface area contributed by atoms with Crippen LogP contribution < -0.4 is 10.5 Å². The smallest absolute Gasteiger partial charge is 0.142 e. The predicted octanol–water partition coefficient (Wildman–Crippen LogP) is 3.70. The molecule has 22 heavy (non-hydrogen) atoms. The molecular formula is C19H25NO2. The van der Waals surface area contributed by atoms with Crippen LogP contribution >= 0.6 is 0 Å². The van der Waals surface area contributed by atoms with Crippen LogP contribution in [0.25, 0.3) is 0 Å². The molecule has 0 bridgehead atoms. The van der Waals surface area contributed by atoms with Gasteiger partial charge in [0.1, 0.15) is 11.5 Å². The minimum absolute atomic E-state index is 0.0450. The zero-order valence-corrected chi connectivity index (χ0v) is 13.5. The van der Waals surface area contributed by atoms with E-state index in [4.69, 9.17) is 10.5 Å². The Balaban J connectivity index is 1.73. The van der Waals surface area contributed by atoms with Gasteiger partial charge in [-0.3, -0.25) is 4.79 Å². The number of nitrogen functional groups attached to an aromatic ring is 1. The van der Waals surface area contributed by atoms with E-state index in [0.717, 1.165) is 43.5 Å². The summed E-state index contributed by atoms with van der Waals surface area (Å²) in [4.78, 5) is 12.4. The molecule has 1 aromatic carbocycles. The maximum absolute atomic E-state index is 12.4. The first-order chi connectivity index (χ1) is 10.6. The summed E-state index contributed by atoms with van der Waals surface area (Å²) in [6, 6.07) is 4.24. The van der Waals surface area contributed by atoms with E-state index in [9.17, 15) is 4.79 Å². The maximum Gasteiger partial charge on any atom is 0.142 e. The molecule has 0 saturated heterocycles. The lowest BCUT2D eigenvalue weighted by atomic mass is 9.55. The second-order valence-electron chi connectivity index (χ2n) is 7.58. The fourth-order valence-corrected chi connectivity index (χ4v) is 5.62. The summed E-state index contributed by atoms with van der Waals surface area (Å²) in [6.07, 6.45) is 6.26. The van der Waals surface area contributed by atoms with Crippen molar-refractivity contribution in [1.82, 2.24) is 0 Å². The maximum atomic E-state index is 12.4. The van der Waals surface area contributed by atoms with Crippen LogP contribution in [0.1, 0.15) is 56.1 Å². The standard InChI is InChI=1S/C19H25NO2/c1-19-10-9-12-11-5-7-16(22-2)18(20)14(11)4-3-13(12)15(19)6-8-17(19)21/h5,7,12-13,15H,3-4,6,8-10,20H2,1-2H3/t12-,13-,15+,19+/m1/s1. The van der Waals surface area contributed by atoms with Crippen molar-refractivity contribution >= 4 is 11.5 Å². The number of ketones is 1. The summed E-state index contributed by atoms with van der Waals surface area (Å²) >= 11 is 0. The predicted molar refractivity (Wildman–Crippen MR) is 87.0 cm³/mol. The largest absolute Gasteiger partial charge is 0.495 e. The van der Waals surface area contributed by atoms with Crippen molar-refractivity contribution in [2.75, 3.05) is 12.8 Å². The Morgan fingerprint density at radius 2 is 2.05 bits per heavy atom. The Morgan fingerprint density at radius 1 is 1.23 bits per heavy atom. The lowest BCUT2D eigenvalue weighted by Gasteiger charge is -2.48. The van der Waals surface area contributed by atoms with Gasteiger partial charge in [-0.1, -0.05) is 13.0 Å². The number of hydrogen-bond donors (Lipinski definition) is 1. The fraction of sp³-hybridized carbons (Fsp3) is 0.632. The molecule has 0 unspecified atom stereocenters. The molecule has 3 heteroatoms. The zero-order chi connectivity index (χ0) is 15.5. The normalized spacial score (nSPS) is 36.5. The molecular weight excluding hydrogens is 274 g/mol. The molecule has 118 valence electrons. The highest BCUT2D eigenvalue weighted by molar-refractivity contribution is 5.87. The summed E-state index contributed by atoms with van der Waals surface area (Å²) in [7, 11) is 1.68. The van der Waals surface area contributed by atoms with Crippen molar-refractivity contribution < 1.29 is 9.53 Å².